The topological polar surface area (TPSA) is 86.7 Å². The first kappa shape index (κ1) is 16.7. The lowest BCUT2D eigenvalue weighted by Crippen LogP contribution is -2.21. The molecule has 0 aliphatic carbocycles. The van der Waals surface area contributed by atoms with Crippen LogP contribution in [-0.2, 0) is 9.59 Å². The first-order valence-electron chi connectivity index (χ1n) is 6.65. The van der Waals surface area contributed by atoms with Crippen LogP contribution in [0.25, 0.3) is 0 Å². The van der Waals surface area contributed by atoms with Crippen LogP contribution in [-0.4, -0.2) is 41.9 Å². The van der Waals surface area contributed by atoms with Gasteiger partial charge in [0, 0.05) is 32.6 Å². The van der Waals surface area contributed by atoms with E-state index in [1.165, 1.54) is 11.0 Å². The molecule has 0 aliphatic rings. The molecule has 2 amide bonds. The van der Waals surface area contributed by atoms with Gasteiger partial charge in [0.1, 0.15) is 0 Å². The second kappa shape index (κ2) is 7.42. The maximum atomic E-state index is 11.7. The summed E-state index contributed by atoms with van der Waals surface area (Å²) < 4.78 is 0. The minimum atomic E-state index is -0.993. The Bertz CT molecular complexity index is 553. The van der Waals surface area contributed by atoms with Crippen molar-refractivity contribution in [1.82, 2.24) is 4.90 Å². The van der Waals surface area contributed by atoms with E-state index in [-0.39, 0.29) is 23.8 Å². The lowest BCUT2D eigenvalue weighted by atomic mass is 10.1. The molecule has 1 rings (SSSR count). The highest BCUT2D eigenvalue weighted by Gasteiger charge is 2.10. The van der Waals surface area contributed by atoms with E-state index in [2.05, 4.69) is 5.32 Å². The Labute approximate surface area is 123 Å². The predicted molar refractivity (Wildman–Crippen MR) is 79.3 cm³/mol. The number of nitrogens with zero attached hydrogens (tertiary/aromatic N) is 1. The number of carbonyl (C=O) groups is 3. The normalized spacial score (nSPS) is 10.0. The van der Waals surface area contributed by atoms with Crippen LogP contribution >= 0.6 is 0 Å². The van der Waals surface area contributed by atoms with E-state index in [4.69, 9.17) is 5.11 Å². The Balaban J connectivity index is 2.50. The van der Waals surface area contributed by atoms with Gasteiger partial charge in [-0.15, -0.1) is 0 Å². The first-order chi connectivity index (χ1) is 9.81. The molecule has 0 aliphatic heterocycles. The van der Waals surface area contributed by atoms with Gasteiger partial charge in [0.25, 0.3) is 0 Å². The van der Waals surface area contributed by atoms with Crippen LogP contribution in [0, 0.1) is 6.92 Å². The van der Waals surface area contributed by atoms with Gasteiger partial charge in [-0.25, -0.2) is 4.79 Å². The Kier molecular flexibility index (Phi) is 5.90. The maximum absolute atomic E-state index is 11.7. The average molecular weight is 292 g/mol. The highest BCUT2D eigenvalue weighted by molar-refractivity contribution is 5.93. The molecule has 21 heavy (non-hydrogen) atoms. The van der Waals surface area contributed by atoms with Crippen LogP contribution in [0.5, 0.6) is 0 Å². The number of carbonyl (C=O) groups excluding carboxylic acids is 2. The summed E-state index contributed by atoms with van der Waals surface area (Å²) in [5.41, 5.74) is 1.36. The minimum Gasteiger partial charge on any atom is -0.478 e. The fraction of sp³-hybridized carbons (Fsp3) is 0.400. The number of aryl methyl sites for hydroxylation is 1. The average Bonchev–Trinajstić information content (AvgIpc) is 2.37. The Morgan fingerprint density at radius 3 is 2.38 bits per heavy atom. The second-order valence-corrected chi connectivity index (χ2v) is 5.02. The fourth-order valence-corrected chi connectivity index (χ4v) is 1.83. The second-order valence-electron chi connectivity index (χ2n) is 5.02. The summed E-state index contributed by atoms with van der Waals surface area (Å²) in [7, 11) is 3.35. The number of rotatable bonds is 6. The van der Waals surface area contributed by atoms with Crippen molar-refractivity contribution in [2.75, 3.05) is 19.4 Å². The molecule has 0 fully saturated rings. The number of hydrogen-bond acceptors (Lipinski definition) is 3. The zero-order chi connectivity index (χ0) is 16.0. The van der Waals surface area contributed by atoms with Crippen molar-refractivity contribution in [2.45, 2.75) is 26.2 Å². The van der Waals surface area contributed by atoms with E-state index in [1.807, 2.05) is 0 Å². The molecule has 114 valence electrons. The van der Waals surface area contributed by atoms with Crippen molar-refractivity contribution in [3.05, 3.63) is 29.3 Å². The number of carboxylic acids is 1. The van der Waals surface area contributed by atoms with E-state index in [9.17, 15) is 14.4 Å². The highest BCUT2D eigenvalue weighted by atomic mass is 16.4. The molecule has 1 aromatic carbocycles. The van der Waals surface area contributed by atoms with E-state index in [0.717, 1.165) is 0 Å². The van der Waals surface area contributed by atoms with Gasteiger partial charge in [0.2, 0.25) is 11.8 Å². The minimum absolute atomic E-state index is 0.00976. The molecule has 0 aromatic heterocycles. The third-order valence-electron chi connectivity index (χ3n) is 3.03. The Morgan fingerprint density at radius 2 is 1.86 bits per heavy atom. The molecule has 2 N–H and O–H groups in total. The van der Waals surface area contributed by atoms with Gasteiger partial charge in [-0.3, -0.25) is 9.59 Å². The van der Waals surface area contributed by atoms with Crippen molar-refractivity contribution < 1.29 is 19.5 Å². The molecule has 0 saturated heterocycles. The van der Waals surface area contributed by atoms with Crippen LogP contribution in [0.2, 0.25) is 0 Å². The van der Waals surface area contributed by atoms with Gasteiger partial charge in [0.05, 0.1) is 5.56 Å². The van der Waals surface area contributed by atoms with Crippen molar-refractivity contribution in [3.63, 3.8) is 0 Å². The molecule has 0 spiro atoms. The lowest BCUT2D eigenvalue weighted by molar-refractivity contribution is -0.128. The number of aromatic carboxylic acids is 1. The molecule has 0 heterocycles. The molecule has 1 aromatic rings. The lowest BCUT2D eigenvalue weighted by Gasteiger charge is -2.10. The molecule has 6 nitrogen and oxygen atoms in total. The van der Waals surface area contributed by atoms with Gasteiger partial charge in [0.15, 0.2) is 0 Å². The van der Waals surface area contributed by atoms with Crippen LogP contribution in [0.3, 0.4) is 0 Å². The summed E-state index contributed by atoms with van der Waals surface area (Å²) in [6.07, 6.45) is 1.06. The van der Waals surface area contributed by atoms with Crippen LogP contribution < -0.4 is 5.32 Å². The number of anilines is 1. The summed E-state index contributed by atoms with van der Waals surface area (Å²) >= 11 is 0. The maximum Gasteiger partial charge on any atom is 0.335 e. The SMILES string of the molecule is Cc1cc(NC(=O)CCCC(=O)N(C)C)ccc1C(=O)O. The van der Waals surface area contributed by atoms with Gasteiger partial charge in [-0.05, 0) is 37.1 Å². The fourth-order valence-electron chi connectivity index (χ4n) is 1.83. The first-order valence-corrected chi connectivity index (χ1v) is 6.65. The zero-order valence-corrected chi connectivity index (χ0v) is 12.5. The molecular weight excluding hydrogens is 272 g/mol. The third kappa shape index (κ3) is 5.25. The Morgan fingerprint density at radius 1 is 1.19 bits per heavy atom. The molecule has 0 saturated carbocycles. The molecule has 6 heteroatoms. The van der Waals surface area contributed by atoms with Crippen LogP contribution in [0.1, 0.15) is 35.2 Å². The van der Waals surface area contributed by atoms with Gasteiger partial charge in [-0.2, -0.15) is 0 Å². The number of hydrogen-bond donors (Lipinski definition) is 2. The molecule has 0 bridgehead atoms. The molecular formula is C15H20N2O4. The number of amides is 2. The summed E-state index contributed by atoms with van der Waals surface area (Å²) in [5, 5.41) is 11.6. The van der Waals surface area contributed by atoms with Crippen molar-refractivity contribution in [2.24, 2.45) is 0 Å². The van der Waals surface area contributed by atoms with E-state index < -0.39 is 5.97 Å². The quantitative estimate of drug-likeness (QED) is 0.838. The molecule has 0 atom stereocenters. The smallest absolute Gasteiger partial charge is 0.335 e. The van der Waals surface area contributed by atoms with Crippen LogP contribution in [0.4, 0.5) is 5.69 Å². The number of nitrogens with one attached hydrogen (secondary N) is 1. The summed E-state index contributed by atoms with van der Waals surface area (Å²) in [6.45, 7) is 1.68. The zero-order valence-electron chi connectivity index (χ0n) is 12.5. The molecule has 0 radical (unpaired) electrons. The summed E-state index contributed by atoms with van der Waals surface area (Å²) in [4.78, 5) is 35.5. The largest absolute Gasteiger partial charge is 0.478 e. The van der Waals surface area contributed by atoms with E-state index >= 15 is 0 Å². The molecule has 0 unspecified atom stereocenters. The number of benzene rings is 1. The Hall–Kier alpha value is -2.37. The standard InChI is InChI=1S/C15H20N2O4/c1-10-9-11(7-8-12(10)15(20)21)16-13(18)5-4-6-14(19)17(2)3/h7-9H,4-6H2,1-3H3,(H,16,18)(H,20,21). The highest BCUT2D eigenvalue weighted by Crippen LogP contribution is 2.15. The van der Waals surface area contributed by atoms with Gasteiger partial charge < -0.3 is 15.3 Å². The van der Waals surface area contributed by atoms with Crippen molar-refractivity contribution >= 4 is 23.5 Å². The third-order valence-corrected chi connectivity index (χ3v) is 3.03. The van der Waals surface area contributed by atoms with Gasteiger partial charge >= 0.3 is 5.97 Å². The van der Waals surface area contributed by atoms with Gasteiger partial charge in [-0.1, -0.05) is 0 Å². The monoisotopic (exact) mass is 292 g/mol. The van der Waals surface area contributed by atoms with Crippen molar-refractivity contribution in [3.8, 4) is 0 Å². The summed E-state index contributed by atoms with van der Waals surface area (Å²) in [6, 6.07) is 4.63. The number of carboxylic acid groups (broad SMARTS) is 1. The summed E-state index contributed by atoms with van der Waals surface area (Å²) in [5.74, 6) is -1.19. The predicted octanol–water partition coefficient (Wildman–Crippen LogP) is 1.89. The van der Waals surface area contributed by atoms with Crippen LogP contribution in [0.15, 0.2) is 18.2 Å². The van der Waals surface area contributed by atoms with Crippen molar-refractivity contribution in [1.29, 1.82) is 0 Å². The van der Waals surface area contributed by atoms with E-state index in [1.54, 1.807) is 33.2 Å². The van der Waals surface area contributed by atoms with E-state index in [0.29, 0.717) is 24.1 Å².